The van der Waals surface area contributed by atoms with E-state index in [1.165, 1.54) is 0 Å². The number of amides is 1. The van der Waals surface area contributed by atoms with Crippen molar-refractivity contribution in [1.82, 2.24) is 0 Å². The zero-order valence-corrected chi connectivity index (χ0v) is 15.5. The van der Waals surface area contributed by atoms with Gasteiger partial charge in [0.1, 0.15) is 17.4 Å². The second-order valence-corrected chi connectivity index (χ2v) is 5.97. The van der Waals surface area contributed by atoms with Gasteiger partial charge in [-0.3, -0.25) is 4.79 Å². The maximum Gasteiger partial charge on any atom is 0.266 e. The van der Waals surface area contributed by atoms with Crippen LogP contribution in [-0.2, 0) is 11.2 Å². The molecular weight excluding hydrogens is 324 g/mol. The molecule has 4 nitrogen and oxygen atoms in total. The van der Waals surface area contributed by atoms with Gasteiger partial charge in [-0.15, -0.1) is 0 Å². The van der Waals surface area contributed by atoms with Gasteiger partial charge in [0, 0.05) is 11.3 Å². The Balaban J connectivity index is 2.31. The van der Waals surface area contributed by atoms with Crippen LogP contribution < -0.4 is 10.1 Å². The highest BCUT2D eigenvalue weighted by Crippen LogP contribution is 2.24. The molecule has 2 rings (SSSR count). The van der Waals surface area contributed by atoms with Crippen LogP contribution in [0.3, 0.4) is 0 Å². The number of anilines is 1. The third kappa shape index (κ3) is 4.73. The third-order valence-electron chi connectivity index (χ3n) is 4.02. The molecule has 2 aromatic carbocycles. The number of carbonyl (C=O) groups is 1. The van der Waals surface area contributed by atoms with Crippen molar-refractivity contribution >= 4 is 17.7 Å². The van der Waals surface area contributed by atoms with Gasteiger partial charge >= 0.3 is 0 Å². The number of benzene rings is 2. The van der Waals surface area contributed by atoms with Gasteiger partial charge < -0.3 is 10.1 Å². The van der Waals surface area contributed by atoms with E-state index in [4.69, 9.17) is 4.74 Å². The maximum atomic E-state index is 12.7. The van der Waals surface area contributed by atoms with Gasteiger partial charge in [0.25, 0.3) is 5.91 Å². The average molecular weight is 348 g/mol. The number of aryl methyl sites for hydroxylation is 2. The number of carbonyl (C=O) groups excluding carboxylic acids is 1. The van der Waals surface area contributed by atoms with Crippen molar-refractivity contribution in [3.05, 3.63) is 64.7 Å². The first-order valence-corrected chi connectivity index (χ1v) is 8.84. The minimum atomic E-state index is -0.415. The molecule has 0 fully saturated rings. The van der Waals surface area contributed by atoms with Gasteiger partial charge in [-0.1, -0.05) is 50.2 Å². The van der Waals surface area contributed by atoms with Crippen LogP contribution in [0.2, 0.25) is 0 Å². The topological polar surface area (TPSA) is 62.1 Å². The number of ether oxygens (including phenoxy) is 1. The van der Waals surface area contributed by atoms with E-state index >= 15 is 0 Å². The van der Waals surface area contributed by atoms with E-state index in [1.54, 1.807) is 6.08 Å². The summed E-state index contributed by atoms with van der Waals surface area (Å²) in [6.07, 6.45) is 3.26. The molecule has 0 heterocycles. The van der Waals surface area contributed by atoms with Crippen LogP contribution in [0.25, 0.3) is 6.08 Å². The molecule has 1 N–H and O–H groups in total. The standard InChI is InChI=1S/C22H24N2O2/c1-4-13-26-20-12-7-6-10-18(20)14-19(15-23)22(25)24-21-16(3)9-8-11-17(21)5-2/h6-12,14H,4-5,13H2,1-3H3,(H,24,25)/b19-14+. The van der Waals surface area contributed by atoms with Crippen LogP contribution in [0, 0.1) is 18.3 Å². The Labute approximate surface area is 155 Å². The lowest BCUT2D eigenvalue weighted by atomic mass is 10.0. The van der Waals surface area contributed by atoms with Crippen LogP contribution in [0.1, 0.15) is 37.0 Å². The lowest BCUT2D eigenvalue weighted by Crippen LogP contribution is -2.15. The first kappa shape index (κ1) is 19.3. The highest BCUT2D eigenvalue weighted by atomic mass is 16.5. The van der Waals surface area contributed by atoms with Crippen molar-refractivity contribution in [3.63, 3.8) is 0 Å². The Bertz CT molecular complexity index is 847. The predicted molar refractivity (Wildman–Crippen MR) is 105 cm³/mol. The Morgan fingerprint density at radius 2 is 1.96 bits per heavy atom. The van der Waals surface area contributed by atoms with E-state index in [1.807, 2.05) is 69.3 Å². The molecule has 4 heteroatoms. The summed E-state index contributed by atoms with van der Waals surface area (Å²) < 4.78 is 5.70. The summed E-state index contributed by atoms with van der Waals surface area (Å²) in [7, 11) is 0. The monoisotopic (exact) mass is 348 g/mol. The first-order valence-electron chi connectivity index (χ1n) is 8.84. The number of rotatable bonds is 7. The lowest BCUT2D eigenvalue weighted by Gasteiger charge is -2.13. The van der Waals surface area contributed by atoms with E-state index in [0.29, 0.717) is 17.9 Å². The molecule has 0 aliphatic carbocycles. The summed E-state index contributed by atoms with van der Waals surface area (Å²) in [5.41, 5.74) is 3.55. The zero-order chi connectivity index (χ0) is 18.9. The molecule has 0 aromatic heterocycles. The van der Waals surface area contributed by atoms with Gasteiger partial charge in [0.2, 0.25) is 0 Å². The quantitative estimate of drug-likeness (QED) is 0.572. The summed E-state index contributed by atoms with van der Waals surface area (Å²) >= 11 is 0. The molecule has 0 saturated carbocycles. The van der Waals surface area contributed by atoms with Gasteiger partial charge in [-0.25, -0.2) is 0 Å². The van der Waals surface area contributed by atoms with Crippen molar-refractivity contribution in [2.45, 2.75) is 33.6 Å². The van der Waals surface area contributed by atoms with Gasteiger partial charge in [0.05, 0.1) is 6.61 Å². The number of para-hydroxylation sites is 2. The minimum Gasteiger partial charge on any atom is -0.493 e. The smallest absolute Gasteiger partial charge is 0.266 e. The summed E-state index contributed by atoms with van der Waals surface area (Å²) in [5, 5.41) is 12.4. The van der Waals surface area contributed by atoms with E-state index < -0.39 is 5.91 Å². The Morgan fingerprint density at radius 1 is 1.19 bits per heavy atom. The highest BCUT2D eigenvalue weighted by Gasteiger charge is 2.14. The largest absolute Gasteiger partial charge is 0.493 e. The summed E-state index contributed by atoms with van der Waals surface area (Å²) in [6, 6.07) is 15.3. The van der Waals surface area contributed by atoms with Crippen molar-refractivity contribution < 1.29 is 9.53 Å². The maximum absolute atomic E-state index is 12.7. The fourth-order valence-corrected chi connectivity index (χ4v) is 2.63. The molecule has 134 valence electrons. The molecule has 0 radical (unpaired) electrons. The second-order valence-electron chi connectivity index (χ2n) is 5.97. The Hall–Kier alpha value is -3.06. The summed E-state index contributed by atoms with van der Waals surface area (Å²) in [4.78, 5) is 12.7. The molecular formula is C22H24N2O2. The number of hydrogen-bond acceptors (Lipinski definition) is 3. The van der Waals surface area contributed by atoms with E-state index in [-0.39, 0.29) is 5.57 Å². The fourth-order valence-electron chi connectivity index (χ4n) is 2.63. The van der Waals surface area contributed by atoms with Crippen LogP contribution in [0.15, 0.2) is 48.0 Å². The second kappa shape index (κ2) is 9.43. The van der Waals surface area contributed by atoms with Crippen molar-refractivity contribution in [3.8, 4) is 11.8 Å². The number of nitriles is 1. The van der Waals surface area contributed by atoms with Gasteiger partial charge in [-0.05, 0) is 43.0 Å². The molecule has 1 amide bonds. The Morgan fingerprint density at radius 3 is 2.65 bits per heavy atom. The molecule has 0 aliphatic heterocycles. The number of hydrogen-bond donors (Lipinski definition) is 1. The zero-order valence-electron chi connectivity index (χ0n) is 15.5. The first-order chi connectivity index (χ1) is 12.6. The molecule has 0 aliphatic rings. The van der Waals surface area contributed by atoms with Gasteiger partial charge in [-0.2, -0.15) is 5.26 Å². The molecule has 0 unspecified atom stereocenters. The van der Waals surface area contributed by atoms with Crippen LogP contribution in [-0.4, -0.2) is 12.5 Å². The molecule has 26 heavy (non-hydrogen) atoms. The average Bonchev–Trinajstić information content (AvgIpc) is 2.66. The fraction of sp³-hybridized carbons (Fsp3) is 0.273. The van der Waals surface area contributed by atoms with Crippen LogP contribution in [0.5, 0.6) is 5.75 Å². The molecule has 0 spiro atoms. The van der Waals surface area contributed by atoms with Crippen LogP contribution >= 0.6 is 0 Å². The van der Waals surface area contributed by atoms with Crippen molar-refractivity contribution in [2.75, 3.05) is 11.9 Å². The minimum absolute atomic E-state index is 0.0443. The lowest BCUT2D eigenvalue weighted by molar-refractivity contribution is -0.112. The highest BCUT2D eigenvalue weighted by molar-refractivity contribution is 6.10. The normalized spacial score (nSPS) is 10.9. The van der Waals surface area contributed by atoms with E-state index in [9.17, 15) is 10.1 Å². The third-order valence-corrected chi connectivity index (χ3v) is 4.02. The van der Waals surface area contributed by atoms with E-state index in [0.717, 1.165) is 29.7 Å². The number of nitrogens with zero attached hydrogens (tertiary/aromatic N) is 1. The van der Waals surface area contributed by atoms with Crippen molar-refractivity contribution in [2.24, 2.45) is 0 Å². The van der Waals surface area contributed by atoms with Crippen LogP contribution in [0.4, 0.5) is 5.69 Å². The SMILES string of the molecule is CCCOc1ccccc1/C=C(\C#N)C(=O)Nc1c(C)cccc1CC. The van der Waals surface area contributed by atoms with Crippen molar-refractivity contribution in [1.29, 1.82) is 5.26 Å². The predicted octanol–water partition coefficient (Wildman–Crippen LogP) is 4.89. The Kier molecular flexibility index (Phi) is 6.99. The molecule has 0 bridgehead atoms. The molecule has 0 saturated heterocycles. The summed E-state index contributed by atoms with van der Waals surface area (Å²) in [6.45, 7) is 6.59. The number of nitrogens with one attached hydrogen (secondary N) is 1. The van der Waals surface area contributed by atoms with E-state index in [2.05, 4.69) is 5.32 Å². The summed E-state index contributed by atoms with van der Waals surface area (Å²) in [5.74, 6) is 0.252. The van der Waals surface area contributed by atoms with Gasteiger partial charge in [0.15, 0.2) is 0 Å². The molecule has 0 atom stereocenters. The molecule has 2 aromatic rings.